The molecule has 1 saturated carbocycles. The van der Waals surface area contributed by atoms with Crippen molar-refractivity contribution >= 4 is 0 Å². The number of nitriles is 1. The van der Waals surface area contributed by atoms with Gasteiger partial charge in [-0.05, 0) is 31.0 Å². The second kappa shape index (κ2) is 6.03. The summed E-state index contributed by atoms with van der Waals surface area (Å²) in [6.07, 6.45) is 6.56. The summed E-state index contributed by atoms with van der Waals surface area (Å²) in [7, 11) is 0. The summed E-state index contributed by atoms with van der Waals surface area (Å²) in [5.41, 5.74) is 6.24. The Morgan fingerprint density at radius 2 is 1.95 bits per heavy atom. The van der Waals surface area contributed by atoms with Crippen molar-refractivity contribution in [3.63, 3.8) is 0 Å². The first kappa shape index (κ1) is 13.8. The lowest BCUT2D eigenvalue weighted by Gasteiger charge is -2.28. The zero-order chi connectivity index (χ0) is 13.7. The van der Waals surface area contributed by atoms with Gasteiger partial charge in [0.05, 0.1) is 11.1 Å². The van der Waals surface area contributed by atoms with E-state index in [1.807, 2.05) is 6.07 Å². The first-order valence-corrected chi connectivity index (χ1v) is 6.74. The SMILES string of the molecule is N#Cc1cc(F)ccc1OCC1(N)CCCCCC1. The van der Waals surface area contributed by atoms with Gasteiger partial charge in [-0.25, -0.2) is 4.39 Å². The minimum absolute atomic E-state index is 0.220. The third kappa shape index (κ3) is 3.68. The second-order valence-corrected chi connectivity index (χ2v) is 5.32. The summed E-state index contributed by atoms with van der Waals surface area (Å²) in [5, 5.41) is 8.96. The molecule has 0 bridgehead atoms. The molecule has 2 rings (SSSR count). The second-order valence-electron chi connectivity index (χ2n) is 5.32. The molecule has 0 heterocycles. The smallest absolute Gasteiger partial charge is 0.137 e. The molecule has 0 amide bonds. The third-order valence-electron chi connectivity index (χ3n) is 3.68. The van der Waals surface area contributed by atoms with Crippen LogP contribution in [0, 0.1) is 17.1 Å². The minimum Gasteiger partial charge on any atom is -0.490 e. The standard InChI is InChI=1S/C15H19FN2O/c16-13-5-6-14(12(9-13)10-17)19-11-15(18)7-3-1-2-4-8-15/h5-6,9H,1-4,7-8,11,18H2. The van der Waals surface area contributed by atoms with Crippen molar-refractivity contribution in [1.29, 1.82) is 5.26 Å². The number of nitrogens with zero attached hydrogens (tertiary/aromatic N) is 1. The lowest BCUT2D eigenvalue weighted by molar-refractivity contribution is 0.199. The molecule has 0 aliphatic heterocycles. The van der Waals surface area contributed by atoms with Gasteiger partial charge in [-0.3, -0.25) is 0 Å². The van der Waals surface area contributed by atoms with E-state index in [-0.39, 0.29) is 11.1 Å². The van der Waals surface area contributed by atoms with E-state index in [0.717, 1.165) is 25.7 Å². The number of nitrogens with two attached hydrogens (primary N) is 1. The van der Waals surface area contributed by atoms with Crippen molar-refractivity contribution in [3.8, 4) is 11.8 Å². The van der Waals surface area contributed by atoms with Gasteiger partial charge in [0, 0.05) is 0 Å². The summed E-state index contributed by atoms with van der Waals surface area (Å²) >= 11 is 0. The van der Waals surface area contributed by atoms with Gasteiger partial charge in [-0.2, -0.15) is 5.26 Å². The normalized spacial score (nSPS) is 18.4. The van der Waals surface area contributed by atoms with Crippen LogP contribution in [0.2, 0.25) is 0 Å². The molecule has 1 aromatic carbocycles. The third-order valence-corrected chi connectivity index (χ3v) is 3.68. The van der Waals surface area contributed by atoms with Gasteiger partial charge in [0.1, 0.15) is 24.2 Å². The predicted molar refractivity (Wildman–Crippen MR) is 71.2 cm³/mol. The molecule has 102 valence electrons. The van der Waals surface area contributed by atoms with Gasteiger partial charge in [0.2, 0.25) is 0 Å². The molecular formula is C15H19FN2O. The van der Waals surface area contributed by atoms with Crippen molar-refractivity contribution in [2.24, 2.45) is 5.73 Å². The van der Waals surface area contributed by atoms with Crippen molar-refractivity contribution < 1.29 is 9.13 Å². The molecular weight excluding hydrogens is 243 g/mol. The molecule has 0 unspecified atom stereocenters. The molecule has 4 heteroatoms. The van der Waals surface area contributed by atoms with Crippen LogP contribution in [0.25, 0.3) is 0 Å². The van der Waals surface area contributed by atoms with Crippen LogP contribution in [-0.4, -0.2) is 12.1 Å². The maximum absolute atomic E-state index is 13.0. The van der Waals surface area contributed by atoms with Gasteiger partial charge in [-0.1, -0.05) is 25.7 Å². The summed E-state index contributed by atoms with van der Waals surface area (Å²) in [4.78, 5) is 0. The number of rotatable bonds is 3. The van der Waals surface area contributed by atoms with E-state index in [1.165, 1.54) is 31.0 Å². The van der Waals surface area contributed by atoms with Crippen LogP contribution in [-0.2, 0) is 0 Å². The van der Waals surface area contributed by atoms with Crippen LogP contribution in [0.3, 0.4) is 0 Å². The molecule has 0 radical (unpaired) electrons. The van der Waals surface area contributed by atoms with Gasteiger partial charge < -0.3 is 10.5 Å². The van der Waals surface area contributed by atoms with Gasteiger partial charge in [0.25, 0.3) is 0 Å². The highest BCUT2D eigenvalue weighted by molar-refractivity contribution is 5.43. The van der Waals surface area contributed by atoms with E-state index in [1.54, 1.807) is 0 Å². The zero-order valence-electron chi connectivity index (χ0n) is 11.0. The fourth-order valence-corrected chi connectivity index (χ4v) is 2.51. The van der Waals surface area contributed by atoms with E-state index < -0.39 is 5.82 Å². The Kier molecular flexibility index (Phi) is 4.39. The molecule has 0 atom stereocenters. The molecule has 0 spiro atoms. The van der Waals surface area contributed by atoms with Crippen LogP contribution in [0.15, 0.2) is 18.2 Å². The average Bonchev–Trinajstić information content (AvgIpc) is 2.62. The summed E-state index contributed by atoms with van der Waals surface area (Å²) in [6, 6.07) is 5.92. The van der Waals surface area contributed by atoms with Crippen LogP contribution in [0.5, 0.6) is 5.75 Å². The molecule has 0 saturated heterocycles. The number of halogens is 1. The van der Waals surface area contributed by atoms with Crippen LogP contribution in [0.4, 0.5) is 4.39 Å². The first-order valence-electron chi connectivity index (χ1n) is 6.74. The monoisotopic (exact) mass is 262 g/mol. The van der Waals surface area contributed by atoms with Crippen LogP contribution in [0.1, 0.15) is 44.1 Å². The molecule has 1 aromatic rings. The molecule has 1 fully saturated rings. The minimum atomic E-state index is -0.430. The highest BCUT2D eigenvalue weighted by Crippen LogP contribution is 2.27. The quantitative estimate of drug-likeness (QED) is 0.851. The number of hydrogen-bond donors (Lipinski definition) is 1. The lowest BCUT2D eigenvalue weighted by atomic mass is 9.92. The van der Waals surface area contributed by atoms with Crippen molar-refractivity contribution in [2.75, 3.05) is 6.61 Å². The Bertz CT molecular complexity index is 474. The van der Waals surface area contributed by atoms with Gasteiger partial charge in [0.15, 0.2) is 0 Å². The summed E-state index contributed by atoms with van der Waals surface area (Å²) in [5.74, 6) is -0.0150. The van der Waals surface area contributed by atoms with Crippen LogP contribution < -0.4 is 10.5 Å². The summed E-state index contributed by atoms with van der Waals surface area (Å²) < 4.78 is 18.7. The lowest BCUT2D eigenvalue weighted by Crippen LogP contribution is -2.45. The Hall–Kier alpha value is -1.60. The first-order chi connectivity index (χ1) is 9.13. The molecule has 0 aromatic heterocycles. The Labute approximate surface area is 113 Å². The van der Waals surface area contributed by atoms with Crippen molar-refractivity contribution in [2.45, 2.75) is 44.1 Å². The van der Waals surface area contributed by atoms with E-state index in [2.05, 4.69) is 0 Å². The highest BCUT2D eigenvalue weighted by Gasteiger charge is 2.27. The molecule has 1 aliphatic rings. The fourth-order valence-electron chi connectivity index (χ4n) is 2.51. The number of ether oxygens (including phenoxy) is 1. The highest BCUT2D eigenvalue weighted by atomic mass is 19.1. The Morgan fingerprint density at radius 1 is 1.26 bits per heavy atom. The maximum Gasteiger partial charge on any atom is 0.137 e. The topological polar surface area (TPSA) is 59.0 Å². The van der Waals surface area contributed by atoms with Crippen molar-refractivity contribution in [3.05, 3.63) is 29.6 Å². The Morgan fingerprint density at radius 3 is 2.58 bits per heavy atom. The molecule has 3 nitrogen and oxygen atoms in total. The molecule has 2 N–H and O–H groups in total. The molecule has 1 aliphatic carbocycles. The Balaban J connectivity index is 2.03. The van der Waals surface area contributed by atoms with E-state index in [9.17, 15) is 4.39 Å². The van der Waals surface area contributed by atoms with E-state index >= 15 is 0 Å². The van der Waals surface area contributed by atoms with Crippen molar-refractivity contribution in [1.82, 2.24) is 0 Å². The van der Waals surface area contributed by atoms with E-state index in [0.29, 0.717) is 12.4 Å². The average molecular weight is 262 g/mol. The maximum atomic E-state index is 13.0. The zero-order valence-corrected chi connectivity index (χ0v) is 11.0. The van der Waals surface area contributed by atoms with Gasteiger partial charge >= 0.3 is 0 Å². The largest absolute Gasteiger partial charge is 0.490 e. The van der Waals surface area contributed by atoms with E-state index in [4.69, 9.17) is 15.7 Å². The predicted octanol–water partition coefficient (Wildman–Crippen LogP) is 3.13. The van der Waals surface area contributed by atoms with Gasteiger partial charge in [-0.15, -0.1) is 0 Å². The summed E-state index contributed by atoms with van der Waals surface area (Å²) in [6.45, 7) is 0.382. The fraction of sp³-hybridized carbons (Fsp3) is 0.533. The number of hydrogen-bond acceptors (Lipinski definition) is 3. The molecule has 19 heavy (non-hydrogen) atoms. The number of benzene rings is 1. The van der Waals surface area contributed by atoms with Crippen LogP contribution >= 0.6 is 0 Å².